The van der Waals surface area contributed by atoms with E-state index < -0.39 is 20.2 Å². The quantitative estimate of drug-likeness (QED) is 0.0396. The summed E-state index contributed by atoms with van der Waals surface area (Å²) in [6, 6.07) is 21.2. The van der Waals surface area contributed by atoms with Gasteiger partial charge in [0.2, 0.25) is 0 Å². The standard InChI is InChI=1S/2C22H32O3S.Ca/c2*1-2-3-4-5-6-7-8-9-10-11-13-19-16-17-21-20(18-19)14-12-15-22(21)26(23,24)25;/h2*12,14-18H,2-11,13H2,1H3,(H,23,24,25);/q;;+2/p-2. The van der Waals surface area contributed by atoms with Crippen molar-refractivity contribution in [1.82, 2.24) is 0 Å². The molecule has 0 saturated heterocycles. The van der Waals surface area contributed by atoms with Crippen LogP contribution in [0.3, 0.4) is 0 Å². The molecule has 0 amide bonds. The zero-order valence-corrected chi connectivity index (χ0v) is 36.3. The van der Waals surface area contributed by atoms with Crippen LogP contribution in [0.5, 0.6) is 0 Å². The van der Waals surface area contributed by atoms with Crippen molar-refractivity contribution in [2.24, 2.45) is 0 Å². The van der Waals surface area contributed by atoms with Crippen molar-refractivity contribution in [3.63, 3.8) is 0 Å². The summed E-state index contributed by atoms with van der Waals surface area (Å²) in [5.41, 5.74) is 2.41. The molecule has 4 aromatic rings. The van der Waals surface area contributed by atoms with Crippen LogP contribution in [-0.2, 0) is 33.1 Å². The van der Waals surface area contributed by atoms with E-state index in [1.54, 1.807) is 24.3 Å². The van der Waals surface area contributed by atoms with Gasteiger partial charge in [0.1, 0.15) is 20.2 Å². The monoisotopic (exact) mass is 790 g/mol. The molecule has 0 fully saturated rings. The van der Waals surface area contributed by atoms with Gasteiger partial charge in [0, 0.05) is 0 Å². The van der Waals surface area contributed by atoms with Crippen molar-refractivity contribution < 1.29 is 25.9 Å². The van der Waals surface area contributed by atoms with E-state index in [9.17, 15) is 25.9 Å². The number of fused-ring (bicyclic) bond motifs is 2. The van der Waals surface area contributed by atoms with Crippen molar-refractivity contribution in [3.8, 4) is 0 Å². The first kappa shape index (κ1) is 47.6. The molecule has 0 aliphatic rings. The molecular formula is C44H62CaO6S2. The van der Waals surface area contributed by atoms with E-state index in [2.05, 4.69) is 13.8 Å². The number of unbranched alkanes of at least 4 members (excludes halogenated alkanes) is 18. The predicted octanol–water partition coefficient (Wildman–Crippen LogP) is 12.0. The van der Waals surface area contributed by atoms with Crippen LogP contribution < -0.4 is 0 Å². The Labute approximate surface area is 351 Å². The molecule has 0 aliphatic heterocycles. The van der Waals surface area contributed by atoms with E-state index in [-0.39, 0.29) is 47.5 Å². The Bertz CT molecular complexity index is 1700. The largest absolute Gasteiger partial charge is 2.00 e. The molecule has 0 aromatic heterocycles. The van der Waals surface area contributed by atoms with Gasteiger partial charge in [-0.3, -0.25) is 0 Å². The molecule has 0 radical (unpaired) electrons. The SMILES string of the molecule is CCCCCCCCCCCCc1ccc2c(S(=O)(=O)[O-])cccc2c1.CCCCCCCCCCCCc1ccc2c(S(=O)(=O)[O-])cccc2c1.[Ca+2]. The van der Waals surface area contributed by atoms with Gasteiger partial charge in [-0.15, -0.1) is 0 Å². The zero-order valence-electron chi connectivity index (χ0n) is 32.5. The molecular weight excluding hydrogens is 729 g/mol. The van der Waals surface area contributed by atoms with Gasteiger partial charge in [-0.2, -0.15) is 0 Å². The Hall–Kier alpha value is -1.52. The summed E-state index contributed by atoms with van der Waals surface area (Å²) in [6.45, 7) is 4.50. The van der Waals surface area contributed by atoms with Gasteiger partial charge in [-0.25, -0.2) is 16.8 Å². The summed E-state index contributed by atoms with van der Waals surface area (Å²) in [5.74, 6) is 0. The third kappa shape index (κ3) is 18.3. The second-order valence-corrected chi connectivity index (χ2v) is 17.1. The number of hydrogen-bond donors (Lipinski definition) is 0. The van der Waals surface area contributed by atoms with Gasteiger partial charge in [-0.05, 0) is 70.5 Å². The summed E-state index contributed by atoms with van der Waals surface area (Å²) in [5, 5.41) is 2.70. The van der Waals surface area contributed by atoms with E-state index in [1.165, 1.54) is 139 Å². The second-order valence-electron chi connectivity index (χ2n) is 14.4. The molecule has 4 rings (SSSR count). The molecule has 53 heavy (non-hydrogen) atoms. The van der Waals surface area contributed by atoms with Crippen LogP contribution in [0.4, 0.5) is 0 Å². The van der Waals surface area contributed by atoms with Crippen molar-refractivity contribution in [2.45, 2.75) is 165 Å². The first-order chi connectivity index (χ1) is 25.0. The number of aryl methyl sites for hydroxylation is 2. The van der Waals surface area contributed by atoms with Crippen LogP contribution in [0.1, 0.15) is 153 Å². The molecule has 4 aromatic carbocycles. The minimum Gasteiger partial charge on any atom is -0.744 e. The van der Waals surface area contributed by atoms with Gasteiger partial charge in [0.15, 0.2) is 0 Å². The summed E-state index contributed by atoms with van der Waals surface area (Å²) in [4.78, 5) is -0.249. The van der Waals surface area contributed by atoms with E-state index in [4.69, 9.17) is 0 Å². The zero-order chi connectivity index (χ0) is 37.7. The first-order valence-electron chi connectivity index (χ1n) is 20.0. The van der Waals surface area contributed by atoms with Gasteiger partial charge < -0.3 is 9.11 Å². The van der Waals surface area contributed by atoms with Gasteiger partial charge in [-0.1, -0.05) is 190 Å². The summed E-state index contributed by atoms with van der Waals surface area (Å²) in [6.07, 6.45) is 28.4. The smallest absolute Gasteiger partial charge is 0.744 e. The topological polar surface area (TPSA) is 114 Å². The minimum atomic E-state index is -4.43. The van der Waals surface area contributed by atoms with E-state index in [1.807, 2.05) is 36.4 Å². The van der Waals surface area contributed by atoms with Crippen molar-refractivity contribution in [3.05, 3.63) is 83.9 Å². The molecule has 0 N–H and O–H groups in total. The van der Waals surface area contributed by atoms with E-state index in [0.29, 0.717) is 10.8 Å². The van der Waals surface area contributed by atoms with Crippen molar-refractivity contribution in [2.75, 3.05) is 0 Å². The fourth-order valence-electron chi connectivity index (χ4n) is 6.99. The maximum atomic E-state index is 11.3. The number of rotatable bonds is 24. The van der Waals surface area contributed by atoms with E-state index in [0.717, 1.165) is 36.5 Å². The summed E-state index contributed by atoms with van der Waals surface area (Å²) >= 11 is 0. The fourth-order valence-corrected chi connectivity index (χ4v) is 8.39. The van der Waals surface area contributed by atoms with Crippen LogP contribution in [0.25, 0.3) is 21.5 Å². The van der Waals surface area contributed by atoms with Gasteiger partial charge in [0.05, 0.1) is 9.79 Å². The van der Waals surface area contributed by atoms with Crippen LogP contribution in [0.15, 0.2) is 82.6 Å². The third-order valence-electron chi connectivity index (χ3n) is 9.99. The Morgan fingerprint density at radius 3 is 1.02 bits per heavy atom. The maximum absolute atomic E-state index is 11.3. The predicted molar refractivity (Wildman–Crippen MR) is 221 cm³/mol. The fraction of sp³-hybridized carbons (Fsp3) is 0.545. The molecule has 0 atom stereocenters. The van der Waals surface area contributed by atoms with Gasteiger partial charge in [0.25, 0.3) is 0 Å². The average Bonchev–Trinajstić information content (AvgIpc) is 3.12. The molecule has 6 nitrogen and oxygen atoms in total. The van der Waals surface area contributed by atoms with Crippen molar-refractivity contribution in [1.29, 1.82) is 0 Å². The molecule has 0 bridgehead atoms. The normalized spacial score (nSPS) is 11.7. The van der Waals surface area contributed by atoms with Crippen LogP contribution in [0.2, 0.25) is 0 Å². The third-order valence-corrected chi connectivity index (χ3v) is 11.8. The molecule has 9 heteroatoms. The Morgan fingerprint density at radius 1 is 0.415 bits per heavy atom. The van der Waals surface area contributed by atoms with Crippen LogP contribution in [0, 0.1) is 0 Å². The molecule has 0 unspecified atom stereocenters. The average molecular weight is 791 g/mol. The summed E-state index contributed by atoms with van der Waals surface area (Å²) in [7, 11) is -8.86. The molecule has 0 aliphatic carbocycles. The Balaban J connectivity index is 0.000000360. The number of hydrogen-bond acceptors (Lipinski definition) is 6. The van der Waals surface area contributed by atoms with Crippen LogP contribution >= 0.6 is 0 Å². The Kier molecular flexibility index (Phi) is 23.7. The minimum absolute atomic E-state index is 0. The van der Waals surface area contributed by atoms with E-state index >= 15 is 0 Å². The Morgan fingerprint density at radius 2 is 0.717 bits per heavy atom. The molecule has 0 spiro atoms. The van der Waals surface area contributed by atoms with Crippen molar-refractivity contribution >= 4 is 79.5 Å². The maximum Gasteiger partial charge on any atom is 2.00 e. The summed E-state index contributed by atoms with van der Waals surface area (Å²) < 4.78 is 68.1. The molecule has 0 saturated carbocycles. The first-order valence-corrected chi connectivity index (χ1v) is 22.8. The molecule has 288 valence electrons. The number of benzene rings is 4. The van der Waals surface area contributed by atoms with Gasteiger partial charge >= 0.3 is 37.7 Å². The van der Waals surface area contributed by atoms with Crippen LogP contribution in [-0.4, -0.2) is 63.7 Å². The molecule has 0 heterocycles. The second kappa shape index (κ2) is 26.4.